The summed E-state index contributed by atoms with van der Waals surface area (Å²) in [6, 6.07) is 31.5. The number of rotatable bonds is 12. The molecule has 0 saturated heterocycles. The average Bonchev–Trinajstić information content (AvgIpc) is 2.99. The lowest BCUT2D eigenvalue weighted by atomic mass is 10.0. The molecule has 4 aromatic rings. The average molecular weight is 598 g/mol. The maximum Gasteiger partial charge on any atom is 0.264 e. The Labute approximate surface area is 255 Å². The monoisotopic (exact) mass is 597 g/mol. The topological polar surface area (TPSA) is 86.8 Å². The number of nitrogens with zero attached hydrogens (tertiary/aromatic N) is 2. The lowest BCUT2D eigenvalue weighted by molar-refractivity contribution is -0.140. The summed E-state index contributed by atoms with van der Waals surface area (Å²) in [6.07, 6.45) is 0.271. The van der Waals surface area contributed by atoms with E-state index in [0.717, 1.165) is 26.6 Å². The van der Waals surface area contributed by atoms with Gasteiger partial charge in [0.25, 0.3) is 10.0 Å². The zero-order valence-electron chi connectivity index (χ0n) is 25.1. The summed E-state index contributed by atoms with van der Waals surface area (Å²) in [5.74, 6) is -0.782. The van der Waals surface area contributed by atoms with Gasteiger partial charge in [-0.05, 0) is 62.6 Å². The number of carbonyl (C=O) groups excluding carboxylic acids is 2. The van der Waals surface area contributed by atoms with Gasteiger partial charge in [0.15, 0.2) is 0 Å². The summed E-state index contributed by atoms with van der Waals surface area (Å²) in [5, 5.41) is 2.98. The number of aryl methyl sites for hydroxylation is 2. The molecular weight excluding hydrogens is 558 g/mol. The van der Waals surface area contributed by atoms with E-state index in [1.165, 1.54) is 17.0 Å². The van der Waals surface area contributed by atoms with Crippen molar-refractivity contribution in [1.29, 1.82) is 0 Å². The van der Waals surface area contributed by atoms with Crippen LogP contribution in [0.1, 0.15) is 36.1 Å². The maximum absolute atomic E-state index is 14.4. The van der Waals surface area contributed by atoms with Crippen molar-refractivity contribution in [3.8, 4) is 0 Å². The predicted octanol–water partition coefficient (Wildman–Crippen LogP) is 5.66. The fourth-order valence-electron chi connectivity index (χ4n) is 5.03. The van der Waals surface area contributed by atoms with E-state index < -0.39 is 28.5 Å². The highest BCUT2D eigenvalue weighted by atomic mass is 32.2. The van der Waals surface area contributed by atoms with Crippen molar-refractivity contribution >= 4 is 27.5 Å². The summed E-state index contributed by atoms with van der Waals surface area (Å²) < 4.78 is 29.4. The summed E-state index contributed by atoms with van der Waals surface area (Å²) in [4.78, 5) is 29.8. The standard InChI is InChI=1S/C35H39N3O4S/c1-26(2)36-35(40)33(23-29-14-8-5-9-15-29)37(24-30-16-10-6-11-17-30)34(39)25-38(32-21-20-27(3)22-28(32)4)43(41,42)31-18-12-7-13-19-31/h5-22,26,33H,23-25H2,1-4H3,(H,36,40). The second kappa shape index (κ2) is 14.2. The normalized spacial score (nSPS) is 12.0. The minimum Gasteiger partial charge on any atom is -0.352 e. The van der Waals surface area contributed by atoms with E-state index in [9.17, 15) is 18.0 Å². The SMILES string of the molecule is Cc1ccc(N(CC(=O)N(Cc2ccccc2)C(Cc2ccccc2)C(=O)NC(C)C)S(=O)(=O)c2ccccc2)c(C)c1. The molecule has 1 N–H and O–H groups in total. The van der Waals surface area contributed by atoms with Crippen LogP contribution in [0, 0.1) is 13.8 Å². The van der Waals surface area contributed by atoms with Gasteiger partial charge in [-0.3, -0.25) is 13.9 Å². The quantitative estimate of drug-likeness (QED) is 0.228. The number of amides is 2. The summed E-state index contributed by atoms with van der Waals surface area (Å²) in [6.45, 7) is 7.16. The zero-order chi connectivity index (χ0) is 31.0. The van der Waals surface area contributed by atoms with Gasteiger partial charge in [0.1, 0.15) is 12.6 Å². The Balaban J connectivity index is 1.81. The summed E-state index contributed by atoms with van der Waals surface area (Å²) in [7, 11) is -4.13. The van der Waals surface area contributed by atoms with Crippen molar-refractivity contribution in [3.63, 3.8) is 0 Å². The number of nitrogens with one attached hydrogen (secondary N) is 1. The van der Waals surface area contributed by atoms with E-state index in [-0.39, 0.29) is 29.8 Å². The van der Waals surface area contributed by atoms with Crippen molar-refractivity contribution < 1.29 is 18.0 Å². The number of benzene rings is 4. The molecule has 4 aromatic carbocycles. The third-order valence-electron chi connectivity index (χ3n) is 7.13. The van der Waals surface area contributed by atoms with Gasteiger partial charge in [-0.2, -0.15) is 0 Å². The molecule has 0 aliphatic rings. The molecule has 0 aromatic heterocycles. The molecule has 7 nitrogen and oxygen atoms in total. The highest BCUT2D eigenvalue weighted by molar-refractivity contribution is 7.92. The first kappa shape index (κ1) is 31.5. The van der Waals surface area contributed by atoms with Crippen LogP contribution in [0.4, 0.5) is 5.69 Å². The van der Waals surface area contributed by atoms with Gasteiger partial charge in [0.2, 0.25) is 11.8 Å². The minimum atomic E-state index is -4.13. The van der Waals surface area contributed by atoms with Gasteiger partial charge in [0.05, 0.1) is 10.6 Å². The molecule has 0 aliphatic carbocycles. The molecule has 0 bridgehead atoms. The smallest absolute Gasteiger partial charge is 0.264 e. The second-order valence-corrected chi connectivity index (χ2v) is 12.9. The Hall–Kier alpha value is -4.43. The van der Waals surface area contributed by atoms with Crippen molar-refractivity contribution in [2.75, 3.05) is 10.8 Å². The maximum atomic E-state index is 14.4. The zero-order valence-corrected chi connectivity index (χ0v) is 25.9. The molecule has 43 heavy (non-hydrogen) atoms. The van der Waals surface area contributed by atoms with E-state index in [1.54, 1.807) is 24.3 Å². The van der Waals surface area contributed by atoms with Crippen LogP contribution in [-0.2, 0) is 32.6 Å². The van der Waals surface area contributed by atoms with Gasteiger partial charge in [-0.25, -0.2) is 8.42 Å². The number of anilines is 1. The highest BCUT2D eigenvalue weighted by Gasteiger charge is 2.35. The van der Waals surface area contributed by atoms with E-state index in [1.807, 2.05) is 100 Å². The van der Waals surface area contributed by atoms with E-state index in [0.29, 0.717) is 5.69 Å². The number of hydrogen-bond acceptors (Lipinski definition) is 4. The number of sulfonamides is 1. The van der Waals surface area contributed by atoms with Gasteiger partial charge >= 0.3 is 0 Å². The van der Waals surface area contributed by atoms with E-state index >= 15 is 0 Å². The lowest BCUT2D eigenvalue weighted by Crippen LogP contribution is -2.54. The Morgan fingerprint density at radius 3 is 1.88 bits per heavy atom. The first-order chi connectivity index (χ1) is 20.6. The van der Waals surface area contributed by atoms with Crippen molar-refractivity contribution in [2.45, 2.75) is 57.6 Å². The number of carbonyl (C=O) groups is 2. The largest absolute Gasteiger partial charge is 0.352 e. The molecule has 0 spiro atoms. The molecule has 1 unspecified atom stereocenters. The van der Waals surface area contributed by atoms with Crippen LogP contribution in [0.25, 0.3) is 0 Å². The molecule has 0 heterocycles. The van der Waals surface area contributed by atoms with Crippen LogP contribution >= 0.6 is 0 Å². The lowest BCUT2D eigenvalue weighted by Gasteiger charge is -2.34. The predicted molar refractivity (Wildman–Crippen MR) is 171 cm³/mol. The third kappa shape index (κ3) is 8.11. The Bertz CT molecular complexity index is 1630. The van der Waals surface area contributed by atoms with Gasteiger partial charge in [-0.15, -0.1) is 0 Å². The van der Waals surface area contributed by atoms with Crippen LogP contribution in [0.3, 0.4) is 0 Å². The minimum absolute atomic E-state index is 0.0794. The molecule has 224 valence electrons. The Morgan fingerprint density at radius 1 is 0.767 bits per heavy atom. The molecule has 8 heteroatoms. The molecule has 4 rings (SSSR count). The van der Waals surface area contributed by atoms with E-state index in [2.05, 4.69) is 5.32 Å². The fourth-order valence-corrected chi connectivity index (χ4v) is 6.53. The molecule has 1 atom stereocenters. The van der Waals surface area contributed by atoms with Gasteiger partial charge in [0, 0.05) is 19.0 Å². The molecule has 0 aliphatic heterocycles. The second-order valence-electron chi connectivity index (χ2n) is 11.0. The Morgan fingerprint density at radius 2 is 1.33 bits per heavy atom. The highest BCUT2D eigenvalue weighted by Crippen LogP contribution is 2.28. The molecule has 2 amide bonds. The van der Waals surface area contributed by atoms with Crippen LogP contribution in [-0.4, -0.2) is 43.8 Å². The Kier molecular flexibility index (Phi) is 10.4. The molecule has 0 fully saturated rings. The summed E-state index contributed by atoms with van der Waals surface area (Å²) >= 11 is 0. The molecule has 0 radical (unpaired) electrons. The third-order valence-corrected chi connectivity index (χ3v) is 8.90. The van der Waals surface area contributed by atoms with Crippen molar-refractivity contribution in [3.05, 3.63) is 131 Å². The number of hydrogen-bond donors (Lipinski definition) is 1. The molecular formula is C35H39N3O4S. The van der Waals surface area contributed by atoms with Crippen molar-refractivity contribution in [2.24, 2.45) is 0 Å². The first-order valence-corrected chi connectivity index (χ1v) is 15.8. The van der Waals surface area contributed by atoms with Crippen LogP contribution in [0.15, 0.2) is 114 Å². The fraction of sp³-hybridized carbons (Fsp3) is 0.257. The van der Waals surface area contributed by atoms with Crippen LogP contribution in [0.5, 0.6) is 0 Å². The van der Waals surface area contributed by atoms with Crippen LogP contribution in [0.2, 0.25) is 0 Å². The van der Waals surface area contributed by atoms with Gasteiger partial charge < -0.3 is 10.2 Å². The molecule has 0 saturated carbocycles. The van der Waals surface area contributed by atoms with Crippen molar-refractivity contribution in [1.82, 2.24) is 10.2 Å². The first-order valence-electron chi connectivity index (χ1n) is 14.4. The summed E-state index contributed by atoms with van der Waals surface area (Å²) in [5.41, 5.74) is 3.83. The van der Waals surface area contributed by atoms with Crippen LogP contribution < -0.4 is 9.62 Å². The van der Waals surface area contributed by atoms with E-state index in [4.69, 9.17) is 0 Å². The van der Waals surface area contributed by atoms with Gasteiger partial charge in [-0.1, -0.05) is 96.6 Å².